The van der Waals surface area contributed by atoms with E-state index in [2.05, 4.69) is 52.0 Å². The zero-order valence-electron chi connectivity index (χ0n) is 15.5. The van der Waals surface area contributed by atoms with Crippen molar-refractivity contribution >= 4 is 0 Å². The van der Waals surface area contributed by atoms with Crippen LogP contribution in [0.1, 0.15) is 72.6 Å². The van der Waals surface area contributed by atoms with Crippen molar-refractivity contribution in [1.82, 2.24) is 10.2 Å². The average molecular weight is 297 g/mol. The molecule has 0 aromatic carbocycles. The van der Waals surface area contributed by atoms with Gasteiger partial charge in [-0.2, -0.15) is 0 Å². The third kappa shape index (κ3) is 6.28. The van der Waals surface area contributed by atoms with Crippen molar-refractivity contribution in [2.45, 2.75) is 84.7 Å². The van der Waals surface area contributed by atoms with Crippen LogP contribution in [0.25, 0.3) is 0 Å². The Morgan fingerprint density at radius 1 is 1.00 bits per heavy atom. The summed E-state index contributed by atoms with van der Waals surface area (Å²) in [4.78, 5) is 2.43. The predicted molar refractivity (Wildman–Crippen MR) is 94.8 cm³/mol. The Balaban J connectivity index is 2.45. The summed E-state index contributed by atoms with van der Waals surface area (Å²) in [7, 11) is 4.49. The van der Waals surface area contributed by atoms with Gasteiger partial charge >= 0.3 is 0 Å². The summed E-state index contributed by atoms with van der Waals surface area (Å²) in [5, 5.41) is 3.91. The minimum atomic E-state index is 0.684. The normalized spacial score (nSPS) is 25.6. The number of likely N-dealkylation sites (N-methyl/N-ethyl adjacent to an activating group) is 1. The van der Waals surface area contributed by atoms with Gasteiger partial charge in [0.25, 0.3) is 0 Å². The predicted octanol–water partition coefficient (Wildman–Crippen LogP) is 4.55. The van der Waals surface area contributed by atoms with E-state index in [9.17, 15) is 0 Å². The SMILES string of the molecule is CCC(CC)C(CNC1CCCC(C(C)C)CC1)N(C)C. The van der Waals surface area contributed by atoms with Gasteiger partial charge in [0, 0.05) is 18.6 Å². The second-order valence-electron chi connectivity index (χ2n) is 7.73. The van der Waals surface area contributed by atoms with Crippen molar-refractivity contribution in [1.29, 1.82) is 0 Å². The van der Waals surface area contributed by atoms with Crippen LogP contribution in [0.5, 0.6) is 0 Å². The lowest BCUT2D eigenvalue weighted by atomic mass is 9.89. The van der Waals surface area contributed by atoms with Crippen LogP contribution in [0.4, 0.5) is 0 Å². The number of hydrogen-bond donors (Lipinski definition) is 1. The molecular weight excluding hydrogens is 256 g/mol. The fraction of sp³-hybridized carbons (Fsp3) is 1.00. The van der Waals surface area contributed by atoms with E-state index >= 15 is 0 Å². The first-order chi connectivity index (χ1) is 9.99. The van der Waals surface area contributed by atoms with Crippen molar-refractivity contribution in [3.63, 3.8) is 0 Å². The number of hydrogen-bond acceptors (Lipinski definition) is 2. The van der Waals surface area contributed by atoms with Gasteiger partial charge in [-0.15, -0.1) is 0 Å². The molecule has 0 bridgehead atoms. The Bertz CT molecular complexity index is 258. The summed E-state index contributed by atoms with van der Waals surface area (Å²) < 4.78 is 0. The van der Waals surface area contributed by atoms with E-state index in [4.69, 9.17) is 0 Å². The van der Waals surface area contributed by atoms with E-state index in [0.717, 1.165) is 30.3 Å². The van der Waals surface area contributed by atoms with Crippen LogP contribution in [-0.2, 0) is 0 Å². The van der Waals surface area contributed by atoms with Crippen molar-refractivity contribution < 1.29 is 0 Å². The molecule has 0 radical (unpaired) electrons. The molecule has 0 aromatic rings. The first kappa shape index (κ1) is 19.0. The minimum Gasteiger partial charge on any atom is -0.312 e. The Kier molecular flexibility index (Phi) is 8.89. The summed E-state index contributed by atoms with van der Waals surface area (Å²) in [6, 6.07) is 1.44. The molecule has 0 aliphatic heterocycles. The second-order valence-corrected chi connectivity index (χ2v) is 7.73. The highest BCUT2D eigenvalue weighted by molar-refractivity contribution is 4.81. The molecule has 1 aliphatic rings. The monoisotopic (exact) mass is 296 g/mol. The quantitative estimate of drug-likeness (QED) is 0.661. The van der Waals surface area contributed by atoms with Gasteiger partial charge in [-0.25, -0.2) is 0 Å². The first-order valence-electron chi connectivity index (χ1n) is 9.39. The zero-order valence-corrected chi connectivity index (χ0v) is 15.5. The Morgan fingerprint density at radius 3 is 2.19 bits per heavy atom. The Hall–Kier alpha value is -0.0800. The molecule has 0 amide bonds. The molecular formula is C19H40N2. The van der Waals surface area contributed by atoms with Crippen LogP contribution in [0.3, 0.4) is 0 Å². The molecule has 1 rings (SSSR count). The molecule has 0 heterocycles. The number of nitrogens with zero attached hydrogens (tertiary/aromatic N) is 1. The molecule has 3 unspecified atom stereocenters. The van der Waals surface area contributed by atoms with Gasteiger partial charge in [-0.05, 0) is 51.1 Å². The molecule has 126 valence electrons. The molecule has 1 N–H and O–H groups in total. The highest BCUT2D eigenvalue weighted by Gasteiger charge is 2.24. The van der Waals surface area contributed by atoms with Crippen LogP contribution in [0, 0.1) is 17.8 Å². The molecule has 1 fully saturated rings. The highest BCUT2D eigenvalue weighted by atomic mass is 15.1. The average Bonchev–Trinajstić information content (AvgIpc) is 2.68. The van der Waals surface area contributed by atoms with Gasteiger partial charge in [-0.3, -0.25) is 0 Å². The molecule has 0 saturated heterocycles. The largest absolute Gasteiger partial charge is 0.312 e. The van der Waals surface area contributed by atoms with Crippen LogP contribution in [0.15, 0.2) is 0 Å². The van der Waals surface area contributed by atoms with Crippen molar-refractivity contribution in [3.8, 4) is 0 Å². The molecule has 1 aliphatic carbocycles. The van der Waals surface area contributed by atoms with E-state index in [1.54, 1.807) is 0 Å². The van der Waals surface area contributed by atoms with Gasteiger partial charge in [-0.1, -0.05) is 53.4 Å². The minimum absolute atomic E-state index is 0.684. The molecule has 2 nitrogen and oxygen atoms in total. The molecule has 1 saturated carbocycles. The summed E-state index contributed by atoms with van der Waals surface area (Å²) in [5.41, 5.74) is 0. The standard InChI is InChI=1S/C19H40N2/c1-7-16(8-2)19(21(5)6)14-20-18-11-9-10-17(12-13-18)15(3)4/h15-20H,7-14H2,1-6H3. The van der Waals surface area contributed by atoms with Gasteiger partial charge in [0.1, 0.15) is 0 Å². The lowest BCUT2D eigenvalue weighted by Crippen LogP contribution is -2.45. The summed E-state index contributed by atoms with van der Waals surface area (Å²) >= 11 is 0. The molecule has 0 spiro atoms. The van der Waals surface area contributed by atoms with E-state index in [0.29, 0.717) is 6.04 Å². The van der Waals surface area contributed by atoms with Crippen molar-refractivity contribution in [3.05, 3.63) is 0 Å². The summed E-state index contributed by atoms with van der Waals surface area (Å²) in [6.45, 7) is 10.6. The van der Waals surface area contributed by atoms with Gasteiger partial charge < -0.3 is 10.2 Å². The van der Waals surface area contributed by atoms with Crippen LogP contribution in [0.2, 0.25) is 0 Å². The van der Waals surface area contributed by atoms with Gasteiger partial charge in [0.2, 0.25) is 0 Å². The van der Waals surface area contributed by atoms with Crippen LogP contribution >= 0.6 is 0 Å². The third-order valence-corrected chi connectivity index (χ3v) is 5.83. The second kappa shape index (κ2) is 9.84. The maximum Gasteiger partial charge on any atom is 0.0242 e. The van der Waals surface area contributed by atoms with E-state index in [1.807, 2.05) is 0 Å². The van der Waals surface area contributed by atoms with E-state index in [-0.39, 0.29) is 0 Å². The maximum absolute atomic E-state index is 3.91. The van der Waals surface area contributed by atoms with Gasteiger partial charge in [0.05, 0.1) is 0 Å². The molecule has 0 aromatic heterocycles. The molecule has 21 heavy (non-hydrogen) atoms. The van der Waals surface area contributed by atoms with Crippen molar-refractivity contribution in [2.24, 2.45) is 17.8 Å². The van der Waals surface area contributed by atoms with Crippen LogP contribution < -0.4 is 5.32 Å². The molecule has 3 atom stereocenters. The van der Waals surface area contributed by atoms with Crippen LogP contribution in [-0.4, -0.2) is 37.6 Å². The Labute approximate surface area is 134 Å². The fourth-order valence-electron chi connectivity index (χ4n) is 4.09. The molecule has 2 heteroatoms. The highest BCUT2D eigenvalue weighted by Crippen LogP contribution is 2.29. The smallest absolute Gasteiger partial charge is 0.0242 e. The topological polar surface area (TPSA) is 15.3 Å². The van der Waals surface area contributed by atoms with E-state index < -0.39 is 0 Å². The first-order valence-corrected chi connectivity index (χ1v) is 9.39. The maximum atomic E-state index is 3.91. The summed E-state index contributed by atoms with van der Waals surface area (Å²) in [5.74, 6) is 2.64. The lowest BCUT2D eigenvalue weighted by molar-refractivity contribution is 0.187. The lowest BCUT2D eigenvalue weighted by Gasteiger charge is -2.33. The van der Waals surface area contributed by atoms with Crippen molar-refractivity contribution in [2.75, 3.05) is 20.6 Å². The number of nitrogens with one attached hydrogen (secondary N) is 1. The zero-order chi connectivity index (χ0) is 15.8. The Morgan fingerprint density at radius 2 is 1.67 bits per heavy atom. The van der Waals surface area contributed by atoms with Gasteiger partial charge in [0.15, 0.2) is 0 Å². The fourth-order valence-corrected chi connectivity index (χ4v) is 4.09. The summed E-state index contributed by atoms with van der Waals surface area (Å²) in [6.07, 6.45) is 9.63. The van der Waals surface area contributed by atoms with E-state index in [1.165, 1.54) is 44.9 Å². The third-order valence-electron chi connectivity index (χ3n) is 5.83. The number of rotatable bonds is 8.